The van der Waals surface area contributed by atoms with Gasteiger partial charge >= 0.3 is 70.7 Å². The molecular formula is C6H11NO3Se. The van der Waals surface area contributed by atoms with Gasteiger partial charge in [0.1, 0.15) is 0 Å². The first-order valence-corrected chi connectivity index (χ1v) is 5.70. The second-order valence-electron chi connectivity index (χ2n) is 2.06. The number of carbonyl (C=O) groups excluding carboxylic acids is 1. The summed E-state index contributed by atoms with van der Waals surface area (Å²) in [5.41, 5.74) is 5.17. The van der Waals surface area contributed by atoms with Crippen molar-refractivity contribution in [2.45, 2.75) is 24.7 Å². The van der Waals surface area contributed by atoms with Crippen molar-refractivity contribution in [1.29, 1.82) is 0 Å². The summed E-state index contributed by atoms with van der Waals surface area (Å²) < 4.78 is 0.120. The quantitative estimate of drug-likeness (QED) is 0.614. The molecule has 1 unspecified atom stereocenters. The van der Waals surface area contributed by atoms with Crippen LogP contribution in [0.15, 0.2) is 0 Å². The number of hydrogen-bond acceptors (Lipinski definition) is 3. The van der Waals surface area contributed by atoms with Crippen molar-refractivity contribution in [1.82, 2.24) is 0 Å². The molecule has 0 radical (unpaired) electrons. The normalized spacial score (nSPS) is 12.5. The zero-order valence-electron chi connectivity index (χ0n) is 6.24. The molecule has 0 aromatic carbocycles. The van der Waals surface area contributed by atoms with Gasteiger partial charge in [-0.3, -0.25) is 0 Å². The van der Waals surface area contributed by atoms with Crippen LogP contribution in [0.1, 0.15) is 12.8 Å². The van der Waals surface area contributed by atoms with E-state index >= 15 is 0 Å². The number of rotatable bonds is 5. The van der Waals surface area contributed by atoms with Crippen molar-refractivity contribution < 1.29 is 14.7 Å². The Kier molecular flexibility index (Phi) is 5.11. The van der Waals surface area contributed by atoms with Gasteiger partial charge in [0.05, 0.1) is 0 Å². The molecule has 11 heavy (non-hydrogen) atoms. The summed E-state index contributed by atoms with van der Waals surface area (Å²) in [4.78, 5) is 20.9. The fraction of sp³-hybridized carbons (Fsp3) is 0.667. The molecule has 0 aromatic heterocycles. The maximum absolute atomic E-state index is 10.7. The van der Waals surface area contributed by atoms with Gasteiger partial charge in [-0.25, -0.2) is 0 Å². The molecule has 0 amide bonds. The van der Waals surface area contributed by atoms with Crippen LogP contribution < -0.4 is 5.73 Å². The third kappa shape index (κ3) is 4.95. The van der Waals surface area contributed by atoms with Gasteiger partial charge in [-0.05, 0) is 0 Å². The van der Waals surface area contributed by atoms with Gasteiger partial charge < -0.3 is 0 Å². The van der Waals surface area contributed by atoms with Crippen molar-refractivity contribution in [3.05, 3.63) is 0 Å². The molecule has 0 aliphatic rings. The number of carbonyl (C=O) groups is 2. The Morgan fingerprint density at radius 3 is 2.55 bits per heavy atom. The van der Waals surface area contributed by atoms with Crippen LogP contribution in [0.2, 0.25) is 5.82 Å². The minimum atomic E-state index is -1.04. The molecule has 4 nitrogen and oxygen atoms in total. The van der Waals surface area contributed by atoms with Crippen molar-refractivity contribution in [2.75, 3.05) is 0 Å². The molecule has 0 bridgehead atoms. The molecule has 0 aliphatic heterocycles. The van der Waals surface area contributed by atoms with Crippen molar-refractivity contribution in [3.63, 3.8) is 0 Å². The molecule has 5 heteroatoms. The zero-order valence-corrected chi connectivity index (χ0v) is 7.95. The number of aliphatic carboxylic acids is 1. The average Bonchev–Trinajstić information content (AvgIpc) is 1.99. The van der Waals surface area contributed by atoms with E-state index in [1.807, 2.05) is 5.82 Å². The Balaban J connectivity index is 3.54. The summed E-state index contributed by atoms with van der Waals surface area (Å²) in [6, 6.07) is -0.888. The topological polar surface area (TPSA) is 80.4 Å². The summed E-state index contributed by atoms with van der Waals surface area (Å²) in [6.07, 6.45) is 0.549. The van der Waals surface area contributed by atoms with Gasteiger partial charge in [0.2, 0.25) is 0 Å². The van der Waals surface area contributed by atoms with Gasteiger partial charge in [-0.1, -0.05) is 0 Å². The van der Waals surface area contributed by atoms with Crippen LogP contribution in [0.5, 0.6) is 0 Å². The predicted molar refractivity (Wildman–Crippen MR) is 41.5 cm³/mol. The Morgan fingerprint density at radius 2 is 2.18 bits per heavy atom. The third-order valence-corrected chi connectivity index (χ3v) is 2.59. The molecule has 1 atom stereocenters. The molecule has 0 aromatic rings. The second-order valence-corrected chi connectivity index (χ2v) is 3.87. The Hall–Kier alpha value is -0.381. The van der Waals surface area contributed by atoms with Crippen LogP contribution in [0.25, 0.3) is 0 Å². The summed E-state index contributed by atoms with van der Waals surface area (Å²) in [5.74, 6) is 0.767. The molecule has 0 spiro atoms. The van der Waals surface area contributed by atoms with E-state index in [2.05, 4.69) is 0 Å². The van der Waals surface area contributed by atoms with E-state index in [1.165, 1.54) is 0 Å². The molecular weight excluding hydrogens is 213 g/mol. The fourth-order valence-electron chi connectivity index (χ4n) is 0.499. The van der Waals surface area contributed by atoms with Gasteiger partial charge in [-0.15, -0.1) is 0 Å². The number of carboxylic acid groups (broad SMARTS) is 1. The van der Waals surface area contributed by atoms with Gasteiger partial charge in [0, 0.05) is 0 Å². The molecule has 0 aliphatic carbocycles. The van der Waals surface area contributed by atoms with Gasteiger partial charge in [0.25, 0.3) is 0 Å². The van der Waals surface area contributed by atoms with E-state index in [-0.39, 0.29) is 26.1 Å². The van der Waals surface area contributed by atoms with Crippen LogP contribution >= 0.6 is 0 Å². The first kappa shape index (κ1) is 10.6. The fourth-order valence-corrected chi connectivity index (χ4v) is 1.17. The van der Waals surface area contributed by atoms with E-state index in [0.29, 0.717) is 6.42 Å². The molecule has 0 heterocycles. The molecule has 0 saturated heterocycles. The predicted octanol–water partition coefficient (Wildman–Crippen LogP) is -0.543. The SMILES string of the molecule is C[Se]C(=O)CCC(N)C(=O)O. The molecule has 0 fully saturated rings. The van der Waals surface area contributed by atoms with Gasteiger partial charge in [-0.2, -0.15) is 0 Å². The van der Waals surface area contributed by atoms with E-state index in [0.717, 1.165) is 0 Å². The Labute approximate surface area is 71.3 Å². The number of nitrogens with two attached hydrogens (primary N) is 1. The van der Waals surface area contributed by atoms with Crippen LogP contribution in [0.4, 0.5) is 0 Å². The number of carboxylic acids is 1. The molecule has 0 saturated carbocycles. The summed E-state index contributed by atoms with van der Waals surface area (Å²) >= 11 is -0.0295. The number of hydrogen-bond donors (Lipinski definition) is 2. The van der Waals surface area contributed by atoms with E-state index in [9.17, 15) is 9.59 Å². The Bertz CT molecular complexity index is 160. The van der Waals surface area contributed by atoms with Crippen molar-refractivity contribution in [2.24, 2.45) is 5.73 Å². The monoisotopic (exact) mass is 225 g/mol. The van der Waals surface area contributed by atoms with Crippen LogP contribution in [-0.2, 0) is 9.59 Å². The van der Waals surface area contributed by atoms with Crippen molar-refractivity contribution in [3.8, 4) is 0 Å². The van der Waals surface area contributed by atoms with Crippen LogP contribution in [0, 0.1) is 0 Å². The first-order valence-electron chi connectivity index (χ1n) is 3.13. The Morgan fingerprint density at radius 1 is 1.64 bits per heavy atom. The standard InChI is InChI=1S/C6H11NO3Se/c1-11-5(8)3-2-4(7)6(9)10/h4H,2-3,7H2,1H3,(H,9,10). The summed E-state index contributed by atoms with van der Waals surface area (Å²) in [7, 11) is 0. The van der Waals surface area contributed by atoms with Crippen LogP contribution in [-0.4, -0.2) is 36.8 Å². The van der Waals surface area contributed by atoms with Crippen molar-refractivity contribution >= 4 is 25.6 Å². The molecule has 64 valence electrons. The average molecular weight is 224 g/mol. The molecule has 3 N–H and O–H groups in total. The van der Waals surface area contributed by atoms with E-state index in [4.69, 9.17) is 10.8 Å². The minimum absolute atomic E-state index is 0.0295. The van der Waals surface area contributed by atoms with E-state index in [1.54, 1.807) is 0 Å². The third-order valence-electron chi connectivity index (χ3n) is 1.20. The second kappa shape index (κ2) is 5.29. The van der Waals surface area contributed by atoms with E-state index < -0.39 is 12.0 Å². The first-order chi connectivity index (χ1) is 5.07. The van der Waals surface area contributed by atoms with Gasteiger partial charge in [0.15, 0.2) is 0 Å². The maximum atomic E-state index is 10.7. The molecule has 0 rings (SSSR count). The zero-order chi connectivity index (χ0) is 8.85. The van der Waals surface area contributed by atoms with Crippen LogP contribution in [0.3, 0.4) is 0 Å². The summed E-state index contributed by atoms with van der Waals surface area (Å²) in [6.45, 7) is 0. The summed E-state index contributed by atoms with van der Waals surface area (Å²) in [5, 5.41) is 8.34.